The van der Waals surface area contributed by atoms with Crippen LogP contribution >= 0.6 is 12.6 Å². The summed E-state index contributed by atoms with van der Waals surface area (Å²) in [5, 5.41) is 0.424. The molecule has 1 heterocycles. The zero-order valence-corrected chi connectivity index (χ0v) is 8.86. The standard InChI is InChI=1S/C9H19NS/c1-7(11)10-6-5-8(10)9(2,3)4/h7-8,11H,5-6H2,1-4H3. The molecule has 1 rings (SSSR count). The molecule has 1 saturated heterocycles. The average Bonchev–Trinajstić information content (AvgIpc) is 1.51. The van der Waals surface area contributed by atoms with Crippen LogP contribution in [-0.4, -0.2) is 22.9 Å². The lowest BCUT2D eigenvalue weighted by molar-refractivity contribution is 0.00713. The smallest absolute Gasteiger partial charge is 0.0502 e. The largest absolute Gasteiger partial charge is 0.288 e. The SMILES string of the molecule is CC(S)N1CCC1C(C)(C)C. The third kappa shape index (κ3) is 1.91. The molecule has 0 aromatic heterocycles. The van der Waals surface area contributed by atoms with Crippen LogP contribution in [0.1, 0.15) is 34.1 Å². The number of rotatable bonds is 1. The number of nitrogens with zero attached hydrogens (tertiary/aromatic N) is 1. The van der Waals surface area contributed by atoms with Gasteiger partial charge in [-0.05, 0) is 18.8 Å². The predicted octanol–water partition coefficient (Wildman–Crippen LogP) is 2.38. The molecule has 0 radical (unpaired) electrons. The van der Waals surface area contributed by atoms with E-state index in [9.17, 15) is 0 Å². The first-order chi connectivity index (χ1) is 4.93. The van der Waals surface area contributed by atoms with Gasteiger partial charge in [-0.3, -0.25) is 4.90 Å². The maximum absolute atomic E-state index is 4.44. The Kier molecular flexibility index (Phi) is 2.55. The van der Waals surface area contributed by atoms with E-state index in [1.807, 2.05) is 0 Å². The van der Waals surface area contributed by atoms with Gasteiger partial charge in [0.2, 0.25) is 0 Å². The second-order valence-electron chi connectivity index (χ2n) is 4.54. The second kappa shape index (κ2) is 2.98. The molecule has 0 bridgehead atoms. The highest BCUT2D eigenvalue weighted by molar-refractivity contribution is 7.80. The van der Waals surface area contributed by atoms with Crippen molar-refractivity contribution in [2.24, 2.45) is 5.41 Å². The first-order valence-corrected chi connectivity index (χ1v) is 4.88. The fraction of sp³-hybridized carbons (Fsp3) is 1.00. The van der Waals surface area contributed by atoms with Crippen molar-refractivity contribution in [2.45, 2.75) is 45.5 Å². The van der Waals surface area contributed by atoms with Gasteiger partial charge in [-0.25, -0.2) is 0 Å². The third-order valence-electron chi connectivity index (χ3n) is 2.54. The van der Waals surface area contributed by atoms with Crippen LogP contribution < -0.4 is 0 Å². The Morgan fingerprint density at radius 3 is 2.09 bits per heavy atom. The molecule has 0 spiro atoms. The lowest BCUT2D eigenvalue weighted by atomic mass is 9.79. The van der Waals surface area contributed by atoms with E-state index >= 15 is 0 Å². The average molecular weight is 173 g/mol. The summed E-state index contributed by atoms with van der Waals surface area (Å²) in [5.74, 6) is 0. The van der Waals surface area contributed by atoms with E-state index in [4.69, 9.17) is 0 Å². The van der Waals surface area contributed by atoms with E-state index in [-0.39, 0.29) is 0 Å². The highest BCUT2D eigenvalue weighted by atomic mass is 32.1. The molecule has 0 aliphatic carbocycles. The van der Waals surface area contributed by atoms with E-state index in [1.165, 1.54) is 13.0 Å². The number of hydrogen-bond donors (Lipinski definition) is 1. The lowest BCUT2D eigenvalue weighted by Crippen LogP contribution is -2.56. The fourth-order valence-corrected chi connectivity index (χ4v) is 2.06. The summed E-state index contributed by atoms with van der Waals surface area (Å²) >= 11 is 4.44. The Hall–Kier alpha value is 0.310. The Morgan fingerprint density at radius 1 is 1.45 bits per heavy atom. The van der Waals surface area contributed by atoms with Gasteiger partial charge in [0.05, 0.1) is 5.37 Å². The molecule has 2 unspecified atom stereocenters. The molecule has 0 aromatic rings. The summed E-state index contributed by atoms with van der Waals surface area (Å²) in [4.78, 5) is 2.46. The topological polar surface area (TPSA) is 3.24 Å². The van der Waals surface area contributed by atoms with Crippen molar-refractivity contribution in [2.75, 3.05) is 6.54 Å². The van der Waals surface area contributed by atoms with Crippen molar-refractivity contribution in [1.29, 1.82) is 0 Å². The van der Waals surface area contributed by atoms with Crippen LogP contribution in [-0.2, 0) is 0 Å². The van der Waals surface area contributed by atoms with Gasteiger partial charge in [0.1, 0.15) is 0 Å². The van der Waals surface area contributed by atoms with Crippen LogP contribution in [0.2, 0.25) is 0 Å². The van der Waals surface area contributed by atoms with Gasteiger partial charge >= 0.3 is 0 Å². The lowest BCUT2D eigenvalue weighted by Gasteiger charge is -2.50. The molecule has 0 aromatic carbocycles. The van der Waals surface area contributed by atoms with Gasteiger partial charge in [-0.15, -0.1) is 0 Å². The van der Waals surface area contributed by atoms with E-state index in [2.05, 4.69) is 45.2 Å². The molecule has 1 fully saturated rings. The molecule has 2 atom stereocenters. The number of thiol groups is 1. The molecule has 66 valence electrons. The monoisotopic (exact) mass is 173 g/mol. The van der Waals surface area contributed by atoms with Crippen LogP contribution in [0.3, 0.4) is 0 Å². The highest BCUT2D eigenvalue weighted by Gasteiger charge is 2.38. The quantitative estimate of drug-likeness (QED) is 0.596. The minimum Gasteiger partial charge on any atom is -0.288 e. The van der Waals surface area contributed by atoms with Crippen LogP contribution in [0.5, 0.6) is 0 Å². The molecule has 1 aliphatic rings. The molecular formula is C9H19NS. The van der Waals surface area contributed by atoms with Crippen molar-refractivity contribution in [3.8, 4) is 0 Å². The van der Waals surface area contributed by atoms with Crippen molar-refractivity contribution in [1.82, 2.24) is 4.90 Å². The minimum atomic E-state index is 0.424. The summed E-state index contributed by atoms with van der Waals surface area (Å²) in [6, 6.07) is 0.745. The van der Waals surface area contributed by atoms with Gasteiger partial charge in [-0.2, -0.15) is 12.6 Å². The van der Waals surface area contributed by atoms with Gasteiger partial charge in [0.15, 0.2) is 0 Å². The Balaban J connectivity index is 2.50. The molecular weight excluding hydrogens is 154 g/mol. The molecule has 1 nitrogen and oxygen atoms in total. The first kappa shape index (κ1) is 9.40. The Bertz CT molecular complexity index is 137. The van der Waals surface area contributed by atoms with Crippen molar-refractivity contribution < 1.29 is 0 Å². The highest BCUT2D eigenvalue weighted by Crippen LogP contribution is 2.35. The zero-order valence-electron chi connectivity index (χ0n) is 7.96. The van der Waals surface area contributed by atoms with E-state index in [1.54, 1.807) is 0 Å². The molecule has 0 N–H and O–H groups in total. The predicted molar refractivity (Wildman–Crippen MR) is 53.0 cm³/mol. The number of hydrogen-bond acceptors (Lipinski definition) is 2. The molecule has 0 amide bonds. The summed E-state index contributed by atoms with van der Waals surface area (Å²) in [6.45, 7) is 10.3. The van der Waals surface area contributed by atoms with E-state index < -0.39 is 0 Å². The van der Waals surface area contributed by atoms with Crippen LogP contribution in [0.25, 0.3) is 0 Å². The maximum Gasteiger partial charge on any atom is 0.0502 e. The van der Waals surface area contributed by atoms with E-state index in [0.717, 1.165) is 6.04 Å². The van der Waals surface area contributed by atoms with Crippen LogP contribution in [0.15, 0.2) is 0 Å². The second-order valence-corrected chi connectivity index (χ2v) is 5.29. The summed E-state index contributed by atoms with van der Waals surface area (Å²) in [6.07, 6.45) is 1.34. The first-order valence-electron chi connectivity index (χ1n) is 4.37. The molecule has 11 heavy (non-hydrogen) atoms. The van der Waals surface area contributed by atoms with Crippen LogP contribution in [0.4, 0.5) is 0 Å². The summed E-state index contributed by atoms with van der Waals surface area (Å²) < 4.78 is 0. The zero-order chi connectivity index (χ0) is 8.65. The minimum absolute atomic E-state index is 0.424. The van der Waals surface area contributed by atoms with E-state index in [0.29, 0.717) is 10.8 Å². The van der Waals surface area contributed by atoms with Gasteiger partial charge in [0.25, 0.3) is 0 Å². The maximum atomic E-state index is 4.44. The van der Waals surface area contributed by atoms with Gasteiger partial charge < -0.3 is 0 Å². The van der Waals surface area contributed by atoms with Crippen molar-refractivity contribution in [3.05, 3.63) is 0 Å². The van der Waals surface area contributed by atoms with Crippen molar-refractivity contribution in [3.63, 3.8) is 0 Å². The van der Waals surface area contributed by atoms with Gasteiger partial charge in [-0.1, -0.05) is 20.8 Å². The summed E-state index contributed by atoms with van der Waals surface area (Å²) in [7, 11) is 0. The summed E-state index contributed by atoms with van der Waals surface area (Å²) in [5.41, 5.74) is 0.426. The molecule has 2 heteroatoms. The normalized spacial score (nSPS) is 29.7. The molecule has 1 aliphatic heterocycles. The third-order valence-corrected chi connectivity index (χ3v) is 2.84. The van der Waals surface area contributed by atoms with Gasteiger partial charge in [0, 0.05) is 12.6 Å². The Labute approximate surface area is 75.6 Å². The molecule has 0 saturated carbocycles. The van der Waals surface area contributed by atoms with Crippen LogP contribution in [0, 0.1) is 5.41 Å². The van der Waals surface area contributed by atoms with Crippen molar-refractivity contribution >= 4 is 12.6 Å². The fourth-order valence-electron chi connectivity index (χ4n) is 1.79. The number of likely N-dealkylation sites (tertiary alicyclic amines) is 1. The Morgan fingerprint density at radius 2 is 2.00 bits per heavy atom.